The first-order valence-electron chi connectivity index (χ1n) is 9.80. The molecule has 0 amide bonds. The Morgan fingerprint density at radius 1 is 1.20 bits per heavy atom. The van der Waals surface area contributed by atoms with E-state index in [1.165, 1.54) is 12.5 Å². The number of hydrogen-bond donors (Lipinski definition) is 1. The molecule has 0 radical (unpaired) electrons. The number of fused-ring (bicyclic) bond motifs is 5. The van der Waals surface area contributed by atoms with Gasteiger partial charge in [-0.25, -0.2) is 0 Å². The van der Waals surface area contributed by atoms with Gasteiger partial charge in [0.25, 0.3) is 0 Å². The van der Waals surface area contributed by atoms with Gasteiger partial charge in [-0.05, 0) is 80.3 Å². The van der Waals surface area contributed by atoms with Gasteiger partial charge in [0, 0.05) is 11.8 Å². The summed E-state index contributed by atoms with van der Waals surface area (Å²) < 4.78 is 0. The van der Waals surface area contributed by atoms with E-state index in [9.17, 15) is 14.7 Å². The Hall–Kier alpha value is -1.22. The van der Waals surface area contributed by atoms with E-state index in [-0.39, 0.29) is 22.4 Å². The Morgan fingerprint density at radius 3 is 2.60 bits per heavy atom. The van der Waals surface area contributed by atoms with Crippen LogP contribution in [0.2, 0.25) is 0 Å². The van der Waals surface area contributed by atoms with Crippen LogP contribution in [0.1, 0.15) is 65.7 Å². The lowest BCUT2D eigenvalue weighted by atomic mass is 9.46. The van der Waals surface area contributed by atoms with Crippen LogP contribution in [-0.2, 0) is 9.59 Å². The Labute approximate surface area is 150 Å². The highest BCUT2D eigenvalue weighted by Gasteiger charge is 2.66. The molecule has 0 aromatic carbocycles. The SMILES string of the molecule is C=C1C[C@H]2[C@@H]3CCC4=CC(=O)CC[C@]4(C)[C@H]3CC[C@]2(C)[C@@]1(O)C(C)=O. The van der Waals surface area contributed by atoms with Crippen LogP contribution in [0.5, 0.6) is 0 Å². The minimum absolute atomic E-state index is 0.121. The lowest BCUT2D eigenvalue weighted by Gasteiger charge is -2.58. The molecular formula is C22H30O3. The predicted octanol–water partition coefficient (Wildman–Crippen LogP) is 4.00. The van der Waals surface area contributed by atoms with Crippen molar-refractivity contribution in [3.05, 3.63) is 23.8 Å². The van der Waals surface area contributed by atoms with E-state index in [1.807, 2.05) is 6.08 Å². The Balaban J connectivity index is 1.74. The zero-order valence-corrected chi connectivity index (χ0v) is 15.7. The summed E-state index contributed by atoms with van der Waals surface area (Å²) in [6, 6.07) is 0. The summed E-state index contributed by atoms with van der Waals surface area (Å²) in [4.78, 5) is 24.3. The lowest BCUT2D eigenvalue weighted by Crippen LogP contribution is -2.57. The van der Waals surface area contributed by atoms with E-state index in [0.717, 1.165) is 44.1 Å². The second kappa shape index (κ2) is 5.16. The van der Waals surface area contributed by atoms with Crippen molar-refractivity contribution in [2.24, 2.45) is 28.6 Å². The number of aliphatic hydroxyl groups is 1. The maximum Gasteiger partial charge on any atom is 0.166 e. The molecule has 4 aliphatic carbocycles. The number of carbonyl (C=O) groups is 2. The summed E-state index contributed by atoms with van der Waals surface area (Å²) in [6.07, 6.45) is 8.26. The van der Waals surface area contributed by atoms with Crippen molar-refractivity contribution in [2.75, 3.05) is 0 Å². The monoisotopic (exact) mass is 342 g/mol. The number of allylic oxidation sites excluding steroid dienone is 1. The highest BCUT2D eigenvalue weighted by molar-refractivity contribution is 5.92. The first-order chi connectivity index (χ1) is 11.6. The predicted molar refractivity (Wildman–Crippen MR) is 96.9 cm³/mol. The van der Waals surface area contributed by atoms with Gasteiger partial charge in [-0.1, -0.05) is 26.0 Å². The minimum atomic E-state index is -1.36. The average Bonchev–Trinajstić information content (AvgIpc) is 2.77. The van der Waals surface area contributed by atoms with Gasteiger partial charge in [-0.3, -0.25) is 9.59 Å². The van der Waals surface area contributed by atoms with Crippen molar-refractivity contribution in [1.29, 1.82) is 0 Å². The first-order valence-corrected chi connectivity index (χ1v) is 9.80. The van der Waals surface area contributed by atoms with E-state index >= 15 is 0 Å². The second-order valence-corrected chi connectivity index (χ2v) is 9.50. The minimum Gasteiger partial charge on any atom is -0.377 e. The van der Waals surface area contributed by atoms with Crippen LogP contribution in [0, 0.1) is 28.6 Å². The third-order valence-corrected chi connectivity index (χ3v) is 8.67. The van der Waals surface area contributed by atoms with Gasteiger partial charge in [-0.2, -0.15) is 0 Å². The molecule has 4 aliphatic rings. The topological polar surface area (TPSA) is 54.4 Å². The Kier molecular flexibility index (Phi) is 3.55. The lowest BCUT2D eigenvalue weighted by molar-refractivity contribution is -0.154. The molecule has 6 atom stereocenters. The molecule has 1 N–H and O–H groups in total. The van der Waals surface area contributed by atoms with Crippen LogP contribution in [0.25, 0.3) is 0 Å². The maximum atomic E-state index is 12.4. The quantitative estimate of drug-likeness (QED) is 0.733. The maximum absolute atomic E-state index is 12.4. The molecule has 0 spiro atoms. The molecule has 0 aromatic rings. The summed E-state index contributed by atoms with van der Waals surface area (Å²) in [6.45, 7) is 10.1. The van der Waals surface area contributed by atoms with E-state index in [2.05, 4.69) is 20.4 Å². The number of rotatable bonds is 1. The molecular weight excluding hydrogens is 312 g/mol. The van der Waals surface area contributed by atoms with Gasteiger partial charge < -0.3 is 5.11 Å². The van der Waals surface area contributed by atoms with E-state index in [0.29, 0.717) is 24.2 Å². The fraction of sp³-hybridized carbons (Fsp3) is 0.727. The van der Waals surface area contributed by atoms with E-state index < -0.39 is 5.60 Å². The highest BCUT2D eigenvalue weighted by atomic mass is 16.3. The van der Waals surface area contributed by atoms with Crippen LogP contribution in [-0.4, -0.2) is 22.3 Å². The molecule has 0 saturated heterocycles. The number of hydrogen-bond acceptors (Lipinski definition) is 3. The molecule has 3 nitrogen and oxygen atoms in total. The highest BCUT2D eigenvalue weighted by Crippen LogP contribution is 2.68. The number of ketones is 2. The normalized spacial score (nSPS) is 49.1. The molecule has 0 heterocycles. The van der Waals surface area contributed by atoms with Crippen LogP contribution in [0.3, 0.4) is 0 Å². The van der Waals surface area contributed by atoms with Gasteiger partial charge in [0.2, 0.25) is 0 Å². The third kappa shape index (κ3) is 1.96. The molecule has 0 aliphatic heterocycles. The summed E-state index contributed by atoms with van der Waals surface area (Å²) in [7, 11) is 0. The first kappa shape index (κ1) is 17.2. The van der Waals surface area contributed by atoms with Gasteiger partial charge in [0.1, 0.15) is 5.60 Å². The van der Waals surface area contributed by atoms with Gasteiger partial charge in [-0.15, -0.1) is 0 Å². The van der Waals surface area contributed by atoms with Crippen molar-refractivity contribution in [3.8, 4) is 0 Å². The van der Waals surface area contributed by atoms with Crippen molar-refractivity contribution >= 4 is 11.6 Å². The van der Waals surface area contributed by atoms with Crippen LogP contribution >= 0.6 is 0 Å². The molecule has 0 bridgehead atoms. The zero-order chi connectivity index (χ0) is 18.2. The van der Waals surface area contributed by atoms with Gasteiger partial charge >= 0.3 is 0 Å². The van der Waals surface area contributed by atoms with Crippen molar-refractivity contribution in [2.45, 2.75) is 71.3 Å². The van der Waals surface area contributed by atoms with Crippen molar-refractivity contribution < 1.29 is 14.7 Å². The smallest absolute Gasteiger partial charge is 0.166 e. The Bertz CT molecular complexity index is 704. The van der Waals surface area contributed by atoms with Gasteiger partial charge in [0.05, 0.1) is 0 Å². The average molecular weight is 342 g/mol. The number of Topliss-reactive ketones (excluding diaryl/α,β-unsaturated/α-hetero) is 1. The van der Waals surface area contributed by atoms with E-state index in [1.54, 1.807) is 0 Å². The van der Waals surface area contributed by atoms with Gasteiger partial charge in [0.15, 0.2) is 11.6 Å². The van der Waals surface area contributed by atoms with Crippen LogP contribution in [0.4, 0.5) is 0 Å². The van der Waals surface area contributed by atoms with Crippen LogP contribution < -0.4 is 0 Å². The summed E-state index contributed by atoms with van der Waals surface area (Å²) >= 11 is 0. The molecule has 136 valence electrons. The molecule has 0 unspecified atom stereocenters. The second-order valence-electron chi connectivity index (χ2n) is 9.50. The molecule has 0 aromatic heterocycles. The standard InChI is InChI=1S/C22H30O3/c1-13-11-19-17-6-5-15-12-16(24)7-9-20(15,3)18(17)8-10-21(19,4)22(13,25)14(2)23/h12,17-19,25H,1,5-11H2,2-4H3/t17-,18+,19+,20+,21+,22+/m1/s1. The molecule has 25 heavy (non-hydrogen) atoms. The molecule has 3 fully saturated rings. The summed E-state index contributed by atoms with van der Waals surface area (Å²) in [5.74, 6) is 1.53. The van der Waals surface area contributed by atoms with Crippen LogP contribution in [0.15, 0.2) is 23.8 Å². The third-order valence-electron chi connectivity index (χ3n) is 8.67. The summed E-state index contributed by atoms with van der Waals surface area (Å²) in [5.41, 5.74) is 0.448. The molecule has 3 heteroatoms. The van der Waals surface area contributed by atoms with Crippen molar-refractivity contribution in [1.82, 2.24) is 0 Å². The molecule has 4 rings (SSSR count). The zero-order valence-electron chi connectivity index (χ0n) is 15.7. The fourth-order valence-electron chi connectivity index (χ4n) is 7.17. The fourth-order valence-corrected chi connectivity index (χ4v) is 7.17. The number of carbonyl (C=O) groups excluding carboxylic acids is 2. The summed E-state index contributed by atoms with van der Waals surface area (Å²) in [5, 5.41) is 11.3. The largest absolute Gasteiger partial charge is 0.377 e. The molecule has 3 saturated carbocycles. The van der Waals surface area contributed by atoms with E-state index in [4.69, 9.17) is 0 Å². The Morgan fingerprint density at radius 2 is 1.92 bits per heavy atom. The van der Waals surface area contributed by atoms with Crippen molar-refractivity contribution in [3.63, 3.8) is 0 Å².